The number of amides is 2. The number of carboxylic acids is 1. The molecular weight excluding hydrogens is 268 g/mol. The Morgan fingerprint density at radius 3 is 2.86 bits per heavy atom. The zero-order chi connectivity index (χ0) is 15.4. The van der Waals surface area contributed by atoms with E-state index in [1.54, 1.807) is 4.90 Å². The van der Waals surface area contributed by atoms with Crippen LogP contribution in [0, 0.1) is 12.8 Å². The molecule has 0 aliphatic carbocycles. The van der Waals surface area contributed by atoms with Crippen LogP contribution in [0.15, 0.2) is 18.2 Å². The molecule has 21 heavy (non-hydrogen) atoms. The third kappa shape index (κ3) is 3.54. The number of hydrogen-bond donors (Lipinski definition) is 2. The number of aryl methyl sites for hydroxylation is 2. The zero-order valence-corrected chi connectivity index (χ0v) is 12.6. The van der Waals surface area contributed by atoms with E-state index in [1.165, 1.54) is 11.1 Å². The minimum Gasteiger partial charge on any atom is -0.481 e. The van der Waals surface area contributed by atoms with Crippen molar-refractivity contribution in [2.75, 3.05) is 18.0 Å². The van der Waals surface area contributed by atoms with Crippen LogP contribution >= 0.6 is 0 Å². The summed E-state index contributed by atoms with van der Waals surface area (Å²) in [7, 11) is 0. The molecule has 1 heterocycles. The van der Waals surface area contributed by atoms with Crippen molar-refractivity contribution in [3.63, 3.8) is 0 Å². The number of hydrogen-bond acceptors (Lipinski definition) is 2. The number of fused-ring (bicyclic) bond motifs is 1. The Kier molecular flexibility index (Phi) is 4.83. The second-order valence-electron chi connectivity index (χ2n) is 5.52. The zero-order valence-electron chi connectivity index (χ0n) is 12.6. The number of carbonyl (C=O) groups excluding carboxylic acids is 1. The molecule has 1 aliphatic heterocycles. The van der Waals surface area contributed by atoms with E-state index in [9.17, 15) is 9.59 Å². The molecule has 0 aromatic heterocycles. The van der Waals surface area contributed by atoms with Crippen molar-refractivity contribution in [2.24, 2.45) is 5.92 Å². The Hall–Kier alpha value is -2.04. The van der Waals surface area contributed by atoms with Crippen LogP contribution < -0.4 is 10.2 Å². The molecule has 0 fully saturated rings. The van der Waals surface area contributed by atoms with E-state index >= 15 is 0 Å². The van der Waals surface area contributed by atoms with Crippen LogP contribution in [0.1, 0.15) is 30.9 Å². The van der Waals surface area contributed by atoms with E-state index in [4.69, 9.17) is 5.11 Å². The van der Waals surface area contributed by atoms with E-state index in [0.717, 1.165) is 18.5 Å². The number of aliphatic carboxylic acids is 1. The second-order valence-corrected chi connectivity index (χ2v) is 5.52. The molecule has 1 unspecified atom stereocenters. The van der Waals surface area contributed by atoms with Gasteiger partial charge in [-0.1, -0.05) is 24.6 Å². The molecule has 1 aromatic rings. The molecule has 2 amide bonds. The van der Waals surface area contributed by atoms with Crippen molar-refractivity contribution >= 4 is 17.7 Å². The van der Waals surface area contributed by atoms with Crippen molar-refractivity contribution in [3.05, 3.63) is 29.3 Å². The molecule has 114 valence electrons. The summed E-state index contributed by atoms with van der Waals surface area (Å²) in [6.45, 7) is 4.69. The van der Waals surface area contributed by atoms with Gasteiger partial charge in [0.2, 0.25) is 0 Å². The predicted octanol–water partition coefficient (Wildman–Crippen LogP) is 2.57. The monoisotopic (exact) mass is 290 g/mol. The van der Waals surface area contributed by atoms with Gasteiger partial charge in [0.25, 0.3) is 0 Å². The highest BCUT2D eigenvalue weighted by molar-refractivity contribution is 5.93. The summed E-state index contributed by atoms with van der Waals surface area (Å²) in [6.07, 6.45) is 2.42. The van der Waals surface area contributed by atoms with Crippen molar-refractivity contribution in [1.82, 2.24) is 5.32 Å². The van der Waals surface area contributed by atoms with E-state index < -0.39 is 11.9 Å². The van der Waals surface area contributed by atoms with Crippen LogP contribution in [0.3, 0.4) is 0 Å². The Morgan fingerprint density at radius 1 is 1.43 bits per heavy atom. The van der Waals surface area contributed by atoms with Crippen LogP contribution in [0.5, 0.6) is 0 Å². The molecule has 0 radical (unpaired) electrons. The first-order valence-corrected chi connectivity index (χ1v) is 7.40. The van der Waals surface area contributed by atoms with E-state index in [-0.39, 0.29) is 12.6 Å². The molecule has 2 rings (SSSR count). The van der Waals surface area contributed by atoms with Gasteiger partial charge in [-0.3, -0.25) is 9.69 Å². The molecule has 0 saturated heterocycles. The number of anilines is 1. The summed E-state index contributed by atoms with van der Waals surface area (Å²) in [4.78, 5) is 25.0. The number of nitrogens with one attached hydrogen (secondary N) is 1. The lowest BCUT2D eigenvalue weighted by molar-refractivity contribution is -0.141. The van der Waals surface area contributed by atoms with Crippen LogP contribution in [0.4, 0.5) is 10.5 Å². The van der Waals surface area contributed by atoms with Crippen LogP contribution in [0.2, 0.25) is 0 Å². The highest BCUT2D eigenvalue weighted by Gasteiger charge is 2.24. The first kappa shape index (κ1) is 15.4. The maximum atomic E-state index is 12.3. The van der Waals surface area contributed by atoms with Gasteiger partial charge in [-0.2, -0.15) is 0 Å². The molecule has 0 spiro atoms. The fourth-order valence-corrected chi connectivity index (χ4v) is 2.65. The maximum Gasteiger partial charge on any atom is 0.321 e. The molecule has 2 N–H and O–H groups in total. The van der Waals surface area contributed by atoms with Crippen molar-refractivity contribution in [3.8, 4) is 0 Å². The van der Waals surface area contributed by atoms with Crippen molar-refractivity contribution < 1.29 is 14.7 Å². The summed E-state index contributed by atoms with van der Waals surface area (Å²) >= 11 is 0. The lowest BCUT2D eigenvalue weighted by atomic mass is 10.00. The number of rotatable bonds is 4. The third-order valence-corrected chi connectivity index (χ3v) is 3.94. The fraction of sp³-hybridized carbons (Fsp3) is 0.500. The smallest absolute Gasteiger partial charge is 0.321 e. The SMILES string of the molecule is CCC(CNC(=O)N1CCCc2cc(C)ccc21)C(=O)O. The van der Waals surface area contributed by atoms with Crippen molar-refractivity contribution in [1.29, 1.82) is 0 Å². The van der Waals surface area contributed by atoms with Crippen LogP contribution in [-0.4, -0.2) is 30.2 Å². The van der Waals surface area contributed by atoms with Gasteiger partial charge in [0.1, 0.15) is 0 Å². The Morgan fingerprint density at radius 2 is 2.19 bits per heavy atom. The highest BCUT2D eigenvalue weighted by atomic mass is 16.4. The van der Waals surface area contributed by atoms with Gasteiger partial charge in [0.05, 0.1) is 5.92 Å². The number of urea groups is 1. The standard InChI is InChI=1S/C16H22N2O3/c1-3-12(15(19)20)10-17-16(21)18-8-4-5-13-9-11(2)6-7-14(13)18/h6-7,9,12H,3-5,8,10H2,1-2H3,(H,17,21)(H,19,20). The average molecular weight is 290 g/mol. The van der Waals surface area contributed by atoms with E-state index in [0.29, 0.717) is 13.0 Å². The van der Waals surface area contributed by atoms with Gasteiger partial charge in [-0.05, 0) is 37.8 Å². The second kappa shape index (κ2) is 6.61. The minimum absolute atomic E-state index is 0.169. The summed E-state index contributed by atoms with van der Waals surface area (Å²) in [6, 6.07) is 5.87. The molecule has 1 aliphatic rings. The number of benzene rings is 1. The summed E-state index contributed by atoms with van der Waals surface area (Å²) in [5, 5.41) is 11.8. The van der Waals surface area contributed by atoms with Gasteiger partial charge < -0.3 is 10.4 Å². The number of carbonyl (C=O) groups is 2. The summed E-state index contributed by atoms with van der Waals surface area (Å²) in [5.41, 5.74) is 3.31. The summed E-state index contributed by atoms with van der Waals surface area (Å²) < 4.78 is 0. The minimum atomic E-state index is -0.868. The Balaban J connectivity index is 2.06. The largest absolute Gasteiger partial charge is 0.481 e. The summed E-state index contributed by atoms with van der Waals surface area (Å²) in [5.74, 6) is -1.40. The van der Waals surface area contributed by atoms with Gasteiger partial charge in [0.15, 0.2) is 0 Å². The highest BCUT2D eigenvalue weighted by Crippen LogP contribution is 2.27. The quantitative estimate of drug-likeness (QED) is 0.895. The topological polar surface area (TPSA) is 69.6 Å². The fourth-order valence-electron chi connectivity index (χ4n) is 2.65. The lowest BCUT2D eigenvalue weighted by Gasteiger charge is -2.30. The molecule has 0 bridgehead atoms. The Labute approximate surface area is 125 Å². The average Bonchev–Trinajstić information content (AvgIpc) is 2.46. The first-order chi connectivity index (χ1) is 10.0. The van der Waals surface area contributed by atoms with Crippen LogP contribution in [-0.2, 0) is 11.2 Å². The molecular formula is C16H22N2O3. The lowest BCUT2D eigenvalue weighted by Crippen LogP contribution is -2.45. The predicted molar refractivity (Wildman–Crippen MR) is 81.7 cm³/mol. The Bertz CT molecular complexity index is 542. The number of carboxylic acid groups (broad SMARTS) is 1. The third-order valence-electron chi connectivity index (χ3n) is 3.94. The molecule has 5 nitrogen and oxygen atoms in total. The molecule has 0 saturated carbocycles. The van der Waals surface area contributed by atoms with Gasteiger partial charge in [0, 0.05) is 18.8 Å². The normalized spacial score (nSPS) is 15.2. The van der Waals surface area contributed by atoms with Gasteiger partial charge >= 0.3 is 12.0 Å². The van der Waals surface area contributed by atoms with E-state index in [2.05, 4.69) is 11.4 Å². The van der Waals surface area contributed by atoms with Crippen LogP contribution in [0.25, 0.3) is 0 Å². The van der Waals surface area contributed by atoms with Crippen molar-refractivity contribution in [2.45, 2.75) is 33.1 Å². The van der Waals surface area contributed by atoms with Gasteiger partial charge in [-0.15, -0.1) is 0 Å². The van der Waals surface area contributed by atoms with E-state index in [1.807, 2.05) is 26.0 Å². The molecule has 5 heteroatoms. The molecule has 1 aromatic carbocycles. The first-order valence-electron chi connectivity index (χ1n) is 7.40. The maximum absolute atomic E-state index is 12.3. The number of nitrogens with zero attached hydrogens (tertiary/aromatic N) is 1. The van der Waals surface area contributed by atoms with Gasteiger partial charge in [-0.25, -0.2) is 4.79 Å². The molecule has 1 atom stereocenters.